The molecular weight excluding hydrogens is 210 g/mol. The Bertz CT molecular complexity index is 392. The van der Waals surface area contributed by atoms with Crippen molar-refractivity contribution in [1.29, 1.82) is 0 Å². The van der Waals surface area contributed by atoms with Gasteiger partial charge in [-0.05, 0) is 37.0 Å². The van der Waals surface area contributed by atoms with Crippen molar-refractivity contribution < 1.29 is 4.74 Å². The lowest BCUT2D eigenvalue weighted by Crippen LogP contribution is -2.02. The normalized spacial score (nSPS) is 17.5. The molecule has 1 fully saturated rings. The fraction of sp³-hybridized carbons (Fsp3) is 0.467. The molecule has 0 unspecified atom stereocenters. The second kappa shape index (κ2) is 5.76. The van der Waals surface area contributed by atoms with Crippen LogP contribution >= 0.6 is 0 Å². The second-order valence-corrected chi connectivity index (χ2v) is 4.76. The molecule has 1 aliphatic rings. The van der Waals surface area contributed by atoms with E-state index in [1.54, 1.807) is 7.11 Å². The van der Waals surface area contributed by atoms with Gasteiger partial charge in [0.1, 0.15) is 5.75 Å². The van der Waals surface area contributed by atoms with E-state index >= 15 is 0 Å². The van der Waals surface area contributed by atoms with Crippen molar-refractivity contribution in [3.63, 3.8) is 0 Å². The highest BCUT2D eigenvalue weighted by molar-refractivity contribution is 5.62. The molecule has 2 rings (SSSR count). The third kappa shape index (κ3) is 3.26. The van der Waals surface area contributed by atoms with Crippen molar-refractivity contribution in [2.24, 2.45) is 5.92 Å². The van der Waals surface area contributed by atoms with E-state index in [2.05, 4.69) is 12.2 Å². The first-order valence-electron chi connectivity index (χ1n) is 6.41. The summed E-state index contributed by atoms with van der Waals surface area (Å²) >= 11 is 0. The molecule has 1 aromatic rings. The zero-order valence-electron chi connectivity index (χ0n) is 10.5. The van der Waals surface area contributed by atoms with E-state index in [1.165, 1.54) is 32.1 Å². The number of methoxy groups -OCH3 is 1. The van der Waals surface area contributed by atoms with E-state index in [-0.39, 0.29) is 0 Å². The SMILES string of the molecule is COc1ccc(N)cc1C=CC1CCCCC1. The summed E-state index contributed by atoms with van der Waals surface area (Å²) in [6.07, 6.45) is 11.2. The fourth-order valence-electron chi connectivity index (χ4n) is 2.45. The van der Waals surface area contributed by atoms with E-state index in [1.807, 2.05) is 18.2 Å². The standard InChI is InChI=1S/C15H21NO/c1-17-15-10-9-14(16)11-13(15)8-7-12-5-3-2-4-6-12/h7-12H,2-6,16H2,1H3. The number of hydrogen-bond acceptors (Lipinski definition) is 2. The van der Waals surface area contributed by atoms with Gasteiger partial charge in [-0.3, -0.25) is 0 Å². The minimum atomic E-state index is 0.731. The summed E-state index contributed by atoms with van der Waals surface area (Å²) in [5.41, 5.74) is 7.67. The lowest BCUT2D eigenvalue weighted by molar-refractivity contribution is 0.413. The second-order valence-electron chi connectivity index (χ2n) is 4.76. The van der Waals surface area contributed by atoms with Crippen molar-refractivity contribution in [3.05, 3.63) is 29.8 Å². The highest BCUT2D eigenvalue weighted by Gasteiger charge is 2.10. The summed E-state index contributed by atoms with van der Waals surface area (Å²) in [6, 6.07) is 5.77. The molecule has 0 bridgehead atoms. The third-order valence-electron chi connectivity index (χ3n) is 3.45. The zero-order chi connectivity index (χ0) is 12.1. The molecule has 0 heterocycles. The van der Waals surface area contributed by atoms with Gasteiger partial charge in [0.2, 0.25) is 0 Å². The molecular formula is C15H21NO. The quantitative estimate of drug-likeness (QED) is 0.801. The zero-order valence-corrected chi connectivity index (χ0v) is 10.5. The van der Waals surface area contributed by atoms with E-state index in [0.717, 1.165) is 22.9 Å². The predicted octanol–water partition coefficient (Wildman–Crippen LogP) is 3.87. The summed E-state index contributed by atoms with van der Waals surface area (Å²) in [5.74, 6) is 1.63. The largest absolute Gasteiger partial charge is 0.496 e. The minimum absolute atomic E-state index is 0.731. The Kier molecular flexibility index (Phi) is 4.08. The number of anilines is 1. The number of allylic oxidation sites excluding steroid dienone is 1. The van der Waals surface area contributed by atoms with Crippen LogP contribution in [0.2, 0.25) is 0 Å². The van der Waals surface area contributed by atoms with Gasteiger partial charge < -0.3 is 10.5 Å². The highest BCUT2D eigenvalue weighted by Crippen LogP contribution is 2.27. The predicted molar refractivity (Wildman–Crippen MR) is 73.0 cm³/mol. The maximum atomic E-state index is 5.80. The van der Waals surface area contributed by atoms with Crippen molar-refractivity contribution in [3.8, 4) is 5.75 Å². The van der Waals surface area contributed by atoms with E-state index < -0.39 is 0 Å². The molecule has 2 N–H and O–H groups in total. The van der Waals surface area contributed by atoms with E-state index in [9.17, 15) is 0 Å². The van der Waals surface area contributed by atoms with Crippen molar-refractivity contribution in [2.75, 3.05) is 12.8 Å². The van der Waals surface area contributed by atoms with Crippen molar-refractivity contribution >= 4 is 11.8 Å². The van der Waals surface area contributed by atoms with Crippen LogP contribution in [0.5, 0.6) is 5.75 Å². The molecule has 0 amide bonds. The van der Waals surface area contributed by atoms with Crippen LogP contribution in [0.15, 0.2) is 24.3 Å². The van der Waals surface area contributed by atoms with Gasteiger partial charge in [0.25, 0.3) is 0 Å². The lowest BCUT2D eigenvalue weighted by atomic mass is 9.89. The van der Waals surface area contributed by atoms with Crippen molar-refractivity contribution in [1.82, 2.24) is 0 Å². The Hall–Kier alpha value is -1.44. The molecule has 2 heteroatoms. The van der Waals surface area contributed by atoms with Gasteiger partial charge in [-0.1, -0.05) is 31.4 Å². The summed E-state index contributed by atoms with van der Waals surface area (Å²) in [4.78, 5) is 0. The average Bonchev–Trinajstić information content (AvgIpc) is 2.38. The number of benzene rings is 1. The maximum Gasteiger partial charge on any atom is 0.126 e. The number of rotatable bonds is 3. The molecule has 0 saturated heterocycles. The number of nitrogens with two attached hydrogens (primary N) is 1. The lowest BCUT2D eigenvalue weighted by Gasteiger charge is -2.17. The summed E-state index contributed by atoms with van der Waals surface area (Å²) < 4.78 is 5.33. The topological polar surface area (TPSA) is 35.2 Å². The summed E-state index contributed by atoms with van der Waals surface area (Å²) in [5, 5.41) is 0. The number of hydrogen-bond donors (Lipinski definition) is 1. The minimum Gasteiger partial charge on any atom is -0.496 e. The molecule has 17 heavy (non-hydrogen) atoms. The highest BCUT2D eigenvalue weighted by atomic mass is 16.5. The third-order valence-corrected chi connectivity index (χ3v) is 3.45. The molecule has 0 spiro atoms. The van der Waals surface area contributed by atoms with Crippen LogP contribution in [0.3, 0.4) is 0 Å². The first-order valence-corrected chi connectivity index (χ1v) is 6.41. The van der Waals surface area contributed by atoms with Gasteiger partial charge in [0, 0.05) is 11.3 Å². The maximum absolute atomic E-state index is 5.80. The van der Waals surface area contributed by atoms with Gasteiger partial charge in [-0.15, -0.1) is 0 Å². The summed E-state index contributed by atoms with van der Waals surface area (Å²) in [7, 11) is 1.70. The molecule has 1 aromatic carbocycles. The molecule has 1 saturated carbocycles. The Balaban J connectivity index is 2.10. The van der Waals surface area contributed by atoms with Crippen molar-refractivity contribution in [2.45, 2.75) is 32.1 Å². The number of ether oxygens (including phenoxy) is 1. The molecule has 92 valence electrons. The van der Waals surface area contributed by atoms with Crippen LogP contribution in [0.1, 0.15) is 37.7 Å². The molecule has 0 aromatic heterocycles. The van der Waals surface area contributed by atoms with E-state index in [4.69, 9.17) is 10.5 Å². The average molecular weight is 231 g/mol. The van der Waals surface area contributed by atoms with Crippen LogP contribution < -0.4 is 10.5 Å². The smallest absolute Gasteiger partial charge is 0.126 e. The first kappa shape index (κ1) is 12.0. The van der Waals surface area contributed by atoms with E-state index in [0.29, 0.717) is 0 Å². The van der Waals surface area contributed by atoms with Crippen LogP contribution in [0, 0.1) is 5.92 Å². The molecule has 1 aliphatic carbocycles. The molecule has 2 nitrogen and oxygen atoms in total. The fourth-order valence-corrected chi connectivity index (χ4v) is 2.45. The molecule has 0 radical (unpaired) electrons. The van der Waals surface area contributed by atoms with Gasteiger partial charge in [0.05, 0.1) is 7.11 Å². The van der Waals surface area contributed by atoms with Crippen LogP contribution in [-0.4, -0.2) is 7.11 Å². The monoisotopic (exact) mass is 231 g/mol. The van der Waals surface area contributed by atoms with Gasteiger partial charge >= 0.3 is 0 Å². The van der Waals surface area contributed by atoms with Gasteiger partial charge in [0.15, 0.2) is 0 Å². The summed E-state index contributed by atoms with van der Waals surface area (Å²) in [6.45, 7) is 0. The van der Waals surface area contributed by atoms with Gasteiger partial charge in [-0.25, -0.2) is 0 Å². The van der Waals surface area contributed by atoms with Gasteiger partial charge in [-0.2, -0.15) is 0 Å². The number of nitrogen functional groups attached to an aromatic ring is 1. The first-order chi connectivity index (χ1) is 8.29. The molecule has 0 atom stereocenters. The Morgan fingerprint density at radius 1 is 1.24 bits per heavy atom. The molecule has 0 aliphatic heterocycles. The van der Waals surface area contributed by atoms with Crippen LogP contribution in [0.4, 0.5) is 5.69 Å². The Morgan fingerprint density at radius 3 is 2.71 bits per heavy atom. The Morgan fingerprint density at radius 2 is 2.00 bits per heavy atom. The van der Waals surface area contributed by atoms with Crippen LogP contribution in [-0.2, 0) is 0 Å². The Labute approximate surface area is 103 Å². The van der Waals surface area contributed by atoms with Crippen LogP contribution in [0.25, 0.3) is 6.08 Å².